The molecule has 0 saturated carbocycles. The predicted molar refractivity (Wildman–Crippen MR) is 99.3 cm³/mol. The van der Waals surface area contributed by atoms with Crippen LogP contribution in [-0.2, 0) is 11.3 Å². The number of benzene rings is 2. The highest BCUT2D eigenvalue weighted by Crippen LogP contribution is 2.29. The van der Waals surface area contributed by atoms with Crippen LogP contribution in [0.15, 0.2) is 51.7 Å². The van der Waals surface area contributed by atoms with E-state index >= 15 is 0 Å². The van der Waals surface area contributed by atoms with Crippen LogP contribution in [0, 0.1) is 12.7 Å². The van der Waals surface area contributed by atoms with Gasteiger partial charge in [0.05, 0.1) is 12.7 Å². The molecule has 140 valence electrons. The number of morpholine rings is 1. The van der Waals surface area contributed by atoms with Crippen LogP contribution in [0.2, 0.25) is 0 Å². The standard InChI is InChI=1S/C21H20FNO4/c1-13-18(24)7-6-17-15(10-20(25)27-21(13)17)11-23-8-9-26-19(12-23)14-2-4-16(22)5-3-14/h2-7,10,19,24H,8-9,11-12H2,1H3/t19-/m1/s1. The molecular formula is C21H20FNO4. The van der Waals surface area contributed by atoms with Crippen LogP contribution in [0.3, 0.4) is 0 Å². The topological polar surface area (TPSA) is 62.9 Å². The number of aryl methyl sites for hydroxylation is 1. The summed E-state index contributed by atoms with van der Waals surface area (Å²) in [4.78, 5) is 14.2. The summed E-state index contributed by atoms with van der Waals surface area (Å²) in [5, 5.41) is 10.7. The summed E-state index contributed by atoms with van der Waals surface area (Å²) >= 11 is 0. The molecule has 1 aromatic heterocycles. The molecule has 0 unspecified atom stereocenters. The zero-order valence-corrected chi connectivity index (χ0v) is 14.9. The highest BCUT2D eigenvalue weighted by molar-refractivity contribution is 5.84. The number of aromatic hydroxyl groups is 1. The summed E-state index contributed by atoms with van der Waals surface area (Å²) in [6.07, 6.45) is -0.142. The smallest absolute Gasteiger partial charge is 0.336 e. The molecule has 2 heterocycles. The number of hydrogen-bond acceptors (Lipinski definition) is 5. The van der Waals surface area contributed by atoms with Crippen molar-refractivity contribution in [1.29, 1.82) is 0 Å². The molecule has 0 spiro atoms. The van der Waals surface area contributed by atoms with Crippen molar-refractivity contribution >= 4 is 11.0 Å². The zero-order chi connectivity index (χ0) is 19.0. The number of ether oxygens (including phenoxy) is 1. The minimum Gasteiger partial charge on any atom is -0.508 e. The second-order valence-corrected chi connectivity index (χ2v) is 6.82. The molecule has 0 bridgehead atoms. The first-order valence-electron chi connectivity index (χ1n) is 8.86. The number of rotatable bonds is 3. The number of hydrogen-bond donors (Lipinski definition) is 1. The Bertz CT molecular complexity index is 1030. The van der Waals surface area contributed by atoms with Crippen molar-refractivity contribution < 1.29 is 18.7 Å². The quantitative estimate of drug-likeness (QED) is 0.716. The van der Waals surface area contributed by atoms with Crippen LogP contribution in [0.5, 0.6) is 5.75 Å². The van der Waals surface area contributed by atoms with Gasteiger partial charge in [0.2, 0.25) is 0 Å². The van der Waals surface area contributed by atoms with Crippen LogP contribution in [-0.4, -0.2) is 29.7 Å². The number of nitrogens with zero attached hydrogens (tertiary/aromatic N) is 1. The first-order chi connectivity index (χ1) is 13.0. The third kappa shape index (κ3) is 3.59. The van der Waals surface area contributed by atoms with E-state index in [2.05, 4.69) is 4.90 Å². The second kappa shape index (κ2) is 7.13. The normalized spacial score (nSPS) is 18.1. The Morgan fingerprint density at radius 2 is 2.00 bits per heavy atom. The Balaban J connectivity index is 1.61. The van der Waals surface area contributed by atoms with E-state index in [0.29, 0.717) is 30.8 Å². The Morgan fingerprint density at radius 1 is 1.22 bits per heavy atom. The fourth-order valence-corrected chi connectivity index (χ4v) is 3.51. The Morgan fingerprint density at radius 3 is 2.78 bits per heavy atom. The lowest BCUT2D eigenvalue weighted by atomic mass is 10.0. The van der Waals surface area contributed by atoms with E-state index in [-0.39, 0.29) is 17.7 Å². The predicted octanol–water partition coefficient (Wildman–Crippen LogP) is 3.52. The largest absolute Gasteiger partial charge is 0.508 e. The molecule has 3 aromatic rings. The van der Waals surface area contributed by atoms with Crippen LogP contribution in [0.4, 0.5) is 4.39 Å². The van der Waals surface area contributed by atoms with E-state index in [1.807, 2.05) is 0 Å². The molecule has 0 radical (unpaired) electrons. The maximum atomic E-state index is 13.2. The Hall–Kier alpha value is -2.70. The van der Waals surface area contributed by atoms with E-state index in [9.17, 15) is 14.3 Å². The van der Waals surface area contributed by atoms with Crippen molar-refractivity contribution in [2.75, 3.05) is 19.7 Å². The maximum absolute atomic E-state index is 13.2. The molecule has 1 N–H and O–H groups in total. The van der Waals surface area contributed by atoms with Gasteiger partial charge in [-0.1, -0.05) is 12.1 Å². The van der Waals surface area contributed by atoms with Gasteiger partial charge >= 0.3 is 5.63 Å². The van der Waals surface area contributed by atoms with E-state index < -0.39 is 5.63 Å². The molecule has 1 fully saturated rings. The Kier molecular flexibility index (Phi) is 4.68. The van der Waals surface area contributed by atoms with Gasteiger partial charge in [-0.3, -0.25) is 4.90 Å². The van der Waals surface area contributed by atoms with E-state index in [4.69, 9.17) is 9.15 Å². The molecule has 6 heteroatoms. The van der Waals surface area contributed by atoms with Crippen LogP contribution in [0.25, 0.3) is 11.0 Å². The third-order valence-corrected chi connectivity index (χ3v) is 5.00. The van der Waals surface area contributed by atoms with Gasteiger partial charge in [-0.2, -0.15) is 0 Å². The summed E-state index contributed by atoms with van der Waals surface area (Å²) in [5.41, 5.74) is 2.32. The molecule has 2 aromatic carbocycles. The first-order valence-corrected chi connectivity index (χ1v) is 8.86. The summed E-state index contributed by atoms with van der Waals surface area (Å²) in [6.45, 7) is 4.22. The molecule has 1 aliphatic heterocycles. The maximum Gasteiger partial charge on any atom is 0.336 e. The lowest BCUT2D eigenvalue weighted by Gasteiger charge is -2.33. The average Bonchev–Trinajstić information content (AvgIpc) is 2.66. The SMILES string of the molecule is Cc1c(O)ccc2c(CN3CCO[C@@H](c4ccc(F)cc4)C3)cc(=O)oc12. The number of halogens is 1. The van der Waals surface area contributed by atoms with Gasteiger partial charge in [0.15, 0.2) is 0 Å². The second-order valence-electron chi connectivity index (χ2n) is 6.82. The van der Waals surface area contributed by atoms with Gasteiger partial charge in [-0.15, -0.1) is 0 Å². The number of phenols is 1. The molecule has 1 atom stereocenters. The Labute approximate surface area is 155 Å². The highest BCUT2D eigenvalue weighted by atomic mass is 19.1. The van der Waals surface area contributed by atoms with Crippen LogP contribution in [0.1, 0.15) is 22.8 Å². The third-order valence-electron chi connectivity index (χ3n) is 5.00. The molecule has 1 saturated heterocycles. The van der Waals surface area contributed by atoms with Gasteiger partial charge in [0, 0.05) is 36.7 Å². The summed E-state index contributed by atoms with van der Waals surface area (Å²) in [7, 11) is 0. The van der Waals surface area contributed by atoms with Crippen molar-refractivity contribution in [3.8, 4) is 5.75 Å². The van der Waals surface area contributed by atoms with Crippen molar-refractivity contribution in [1.82, 2.24) is 4.90 Å². The van der Waals surface area contributed by atoms with Crippen molar-refractivity contribution in [3.05, 3.63) is 75.4 Å². The summed E-state index contributed by atoms with van der Waals surface area (Å²) in [6, 6.07) is 11.2. The van der Waals surface area contributed by atoms with E-state index in [1.54, 1.807) is 31.2 Å². The van der Waals surface area contributed by atoms with Gasteiger partial charge in [0.25, 0.3) is 0 Å². The molecule has 0 aliphatic carbocycles. The average molecular weight is 369 g/mol. The van der Waals surface area contributed by atoms with Crippen LogP contribution >= 0.6 is 0 Å². The first kappa shape index (κ1) is 17.7. The van der Waals surface area contributed by atoms with E-state index in [1.165, 1.54) is 18.2 Å². The van der Waals surface area contributed by atoms with Crippen molar-refractivity contribution in [2.45, 2.75) is 19.6 Å². The highest BCUT2D eigenvalue weighted by Gasteiger charge is 2.23. The van der Waals surface area contributed by atoms with Gasteiger partial charge in [-0.25, -0.2) is 9.18 Å². The van der Waals surface area contributed by atoms with Crippen molar-refractivity contribution in [3.63, 3.8) is 0 Å². The molecule has 27 heavy (non-hydrogen) atoms. The molecule has 5 nitrogen and oxygen atoms in total. The molecular weight excluding hydrogens is 349 g/mol. The number of fused-ring (bicyclic) bond motifs is 1. The fraction of sp³-hybridized carbons (Fsp3) is 0.286. The monoisotopic (exact) mass is 369 g/mol. The molecule has 0 amide bonds. The lowest BCUT2D eigenvalue weighted by Crippen LogP contribution is -2.38. The summed E-state index contributed by atoms with van der Waals surface area (Å²) in [5.74, 6) is -0.168. The van der Waals surface area contributed by atoms with Gasteiger partial charge < -0.3 is 14.3 Å². The number of phenolic OH excluding ortho intramolecular Hbond substituents is 1. The molecule has 1 aliphatic rings. The van der Waals surface area contributed by atoms with E-state index in [0.717, 1.165) is 23.1 Å². The summed E-state index contributed by atoms with van der Waals surface area (Å²) < 4.78 is 24.3. The molecule has 4 rings (SSSR count). The van der Waals surface area contributed by atoms with Crippen LogP contribution < -0.4 is 5.63 Å². The minimum atomic E-state index is -0.436. The zero-order valence-electron chi connectivity index (χ0n) is 14.9. The lowest BCUT2D eigenvalue weighted by molar-refractivity contribution is -0.0328. The minimum absolute atomic E-state index is 0.102. The van der Waals surface area contributed by atoms with Gasteiger partial charge in [0.1, 0.15) is 17.1 Å². The van der Waals surface area contributed by atoms with Gasteiger partial charge in [-0.05, 0) is 42.3 Å². The fourth-order valence-electron chi connectivity index (χ4n) is 3.51. The van der Waals surface area contributed by atoms with Crippen molar-refractivity contribution in [2.24, 2.45) is 0 Å².